The van der Waals surface area contributed by atoms with Crippen molar-refractivity contribution in [3.8, 4) is 11.5 Å². The van der Waals surface area contributed by atoms with Crippen LogP contribution in [-0.4, -0.2) is 50.7 Å². The normalized spacial score (nSPS) is 20.7. The first-order chi connectivity index (χ1) is 14.4. The number of benzene rings is 2. The lowest BCUT2D eigenvalue weighted by Gasteiger charge is -2.28. The van der Waals surface area contributed by atoms with E-state index < -0.39 is 11.5 Å². The zero-order valence-electron chi connectivity index (χ0n) is 18.0. The van der Waals surface area contributed by atoms with E-state index in [1.165, 1.54) is 12.7 Å². The van der Waals surface area contributed by atoms with Gasteiger partial charge >= 0.3 is 6.09 Å². The van der Waals surface area contributed by atoms with Crippen LogP contribution < -0.4 is 9.47 Å². The van der Waals surface area contributed by atoms with Gasteiger partial charge in [-0.15, -0.1) is 0 Å². The summed E-state index contributed by atoms with van der Waals surface area (Å²) in [6.45, 7) is 4.73. The molecule has 2 aromatic carbocycles. The Balaban J connectivity index is 1.83. The topological polar surface area (TPSA) is 65.1 Å². The summed E-state index contributed by atoms with van der Waals surface area (Å²) in [5.41, 5.74) is 1.44. The molecule has 2 atom stereocenters. The molecule has 0 radical (unpaired) electrons. The Morgan fingerprint density at radius 3 is 2.47 bits per heavy atom. The van der Waals surface area contributed by atoms with Crippen molar-refractivity contribution in [3.63, 3.8) is 0 Å². The molecule has 3 rings (SSSR count). The minimum Gasteiger partial charge on any atom is -0.493 e. The minimum atomic E-state index is -0.690. The SMILES string of the molecule is COC(=O)N1CC(c2ccc(OC)c(OCCc3ccccc3)c2)C(C)(C(C)=O)C1. The Kier molecular flexibility index (Phi) is 6.65. The van der Waals surface area contributed by atoms with Crippen molar-refractivity contribution in [2.75, 3.05) is 33.9 Å². The van der Waals surface area contributed by atoms with Gasteiger partial charge in [-0.05, 0) is 30.2 Å². The largest absolute Gasteiger partial charge is 0.493 e. The lowest BCUT2D eigenvalue weighted by Crippen LogP contribution is -2.35. The van der Waals surface area contributed by atoms with Crippen LogP contribution in [0, 0.1) is 5.41 Å². The molecule has 1 amide bonds. The number of hydrogen-bond donors (Lipinski definition) is 0. The highest BCUT2D eigenvalue weighted by Gasteiger charge is 2.49. The molecule has 6 heteroatoms. The number of likely N-dealkylation sites (tertiary alicyclic amines) is 1. The van der Waals surface area contributed by atoms with Gasteiger partial charge in [-0.25, -0.2) is 4.79 Å². The average molecular weight is 411 g/mol. The number of carbonyl (C=O) groups is 2. The second-order valence-corrected chi connectivity index (χ2v) is 7.87. The number of Topliss-reactive ketones (excluding diaryl/α,β-unsaturated/α-hetero) is 1. The van der Waals surface area contributed by atoms with E-state index in [-0.39, 0.29) is 11.7 Å². The van der Waals surface area contributed by atoms with Crippen LogP contribution in [0.3, 0.4) is 0 Å². The molecule has 0 aromatic heterocycles. The summed E-state index contributed by atoms with van der Waals surface area (Å²) in [6.07, 6.45) is 0.358. The molecule has 0 saturated carbocycles. The molecule has 160 valence electrons. The van der Waals surface area contributed by atoms with E-state index in [0.29, 0.717) is 31.2 Å². The summed E-state index contributed by atoms with van der Waals surface area (Å²) in [5.74, 6) is 1.16. The quantitative estimate of drug-likeness (QED) is 0.687. The van der Waals surface area contributed by atoms with Crippen LogP contribution in [0.1, 0.15) is 30.9 Å². The Morgan fingerprint density at radius 1 is 1.10 bits per heavy atom. The molecule has 0 N–H and O–H groups in total. The Hall–Kier alpha value is -3.02. The van der Waals surface area contributed by atoms with E-state index >= 15 is 0 Å². The molecule has 1 aliphatic heterocycles. The number of ether oxygens (including phenoxy) is 3. The fourth-order valence-corrected chi connectivity index (χ4v) is 4.04. The Morgan fingerprint density at radius 2 is 1.83 bits per heavy atom. The van der Waals surface area contributed by atoms with Gasteiger partial charge in [0.15, 0.2) is 11.5 Å². The molecule has 0 bridgehead atoms. The van der Waals surface area contributed by atoms with Crippen LogP contribution in [-0.2, 0) is 16.0 Å². The molecular weight excluding hydrogens is 382 g/mol. The maximum Gasteiger partial charge on any atom is 0.409 e. The van der Waals surface area contributed by atoms with Gasteiger partial charge in [0, 0.05) is 25.4 Å². The number of nitrogens with zero attached hydrogens (tertiary/aromatic N) is 1. The van der Waals surface area contributed by atoms with Crippen LogP contribution in [0.15, 0.2) is 48.5 Å². The summed E-state index contributed by atoms with van der Waals surface area (Å²) in [5, 5.41) is 0. The molecule has 1 saturated heterocycles. The summed E-state index contributed by atoms with van der Waals surface area (Å²) in [4.78, 5) is 26.2. The lowest BCUT2D eigenvalue weighted by atomic mass is 9.73. The molecule has 2 unspecified atom stereocenters. The van der Waals surface area contributed by atoms with Gasteiger partial charge in [0.25, 0.3) is 0 Å². The van der Waals surface area contributed by atoms with E-state index in [1.807, 2.05) is 43.3 Å². The summed E-state index contributed by atoms with van der Waals surface area (Å²) in [6, 6.07) is 15.9. The van der Waals surface area contributed by atoms with Gasteiger partial charge < -0.3 is 19.1 Å². The predicted octanol–water partition coefficient (Wildman–Crippen LogP) is 4.08. The first-order valence-corrected chi connectivity index (χ1v) is 10.1. The third kappa shape index (κ3) is 4.42. The molecule has 1 fully saturated rings. The fourth-order valence-electron chi connectivity index (χ4n) is 4.04. The molecular formula is C24H29NO5. The fraction of sp³-hybridized carbons (Fsp3) is 0.417. The molecule has 30 heavy (non-hydrogen) atoms. The van der Waals surface area contributed by atoms with Crippen molar-refractivity contribution >= 4 is 11.9 Å². The van der Waals surface area contributed by atoms with Crippen molar-refractivity contribution in [2.45, 2.75) is 26.2 Å². The van der Waals surface area contributed by atoms with Gasteiger partial charge in [0.05, 0.1) is 26.2 Å². The average Bonchev–Trinajstić information content (AvgIpc) is 3.13. The van der Waals surface area contributed by atoms with Gasteiger partial charge in [0.2, 0.25) is 0 Å². The van der Waals surface area contributed by atoms with Crippen LogP contribution in [0.25, 0.3) is 0 Å². The van der Waals surface area contributed by atoms with Crippen molar-refractivity contribution in [1.82, 2.24) is 4.90 Å². The number of amides is 1. The maximum atomic E-state index is 12.5. The highest BCUT2D eigenvalue weighted by atomic mass is 16.5. The third-order valence-electron chi connectivity index (χ3n) is 6.01. The highest BCUT2D eigenvalue weighted by molar-refractivity contribution is 5.85. The molecule has 1 aliphatic rings. The van der Waals surface area contributed by atoms with Gasteiger partial charge in [-0.1, -0.05) is 43.3 Å². The number of methoxy groups -OCH3 is 2. The lowest BCUT2D eigenvalue weighted by molar-refractivity contribution is -0.125. The predicted molar refractivity (Wildman–Crippen MR) is 114 cm³/mol. The molecule has 0 spiro atoms. The number of ketones is 1. The number of hydrogen-bond acceptors (Lipinski definition) is 5. The van der Waals surface area contributed by atoms with E-state index in [9.17, 15) is 9.59 Å². The zero-order valence-corrected chi connectivity index (χ0v) is 18.0. The van der Waals surface area contributed by atoms with Gasteiger partial charge in [0.1, 0.15) is 5.78 Å². The first-order valence-electron chi connectivity index (χ1n) is 10.1. The Bertz CT molecular complexity index is 898. The van der Waals surface area contributed by atoms with Gasteiger partial charge in [-0.3, -0.25) is 4.79 Å². The van der Waals surface area contributed by atoms with Crippen LogP contribution in [0.4, 0.5) is 4.79 Å². The van der Waals surface area contributed by atoms with Crippen LogP contribution in [0.2, 0.25) is 0 Å². The van der Waals surface area contributed by atoms with Crippen molar-refractivity contribution in [2.24, 2.45) is 5.41 Å². The Labute approximate surface area is 177 Å². The maximum absolute atomic E-state index is 12.5. The van der Waals surface area contributed by atoms with E-state index in [1.54, 1.807) is 18.9 Å². The third-order valence-corrected chi connectivity index (χ3v) is 6.01. The monoisotopic (exact) mass is 411 g/mol. The summed E-state index contributed by atoms with van der Waals surface area (Å²) < 4.78 is 16.4. The van der Waals surface area contributed by atoms with E-state index in [0.717, 1.165) is 12.0 Å². The van der Waals surface area contributed by atoms with Crippen LogP contribution >= 0.6 is 0 Å². The van der Waals surface area contributed by atoms with Crippen molar-refractivity contribution in [1.29, 1.82) is 0 Å². The summed E-state index contributed by atoms with van der Waals surface area (Å²) >= 11 is 0. The second-order valence-electron chi connectivity index (χ2n) is 7.87. The molecule has 0 aliphatic carbocycles. The summed E-state index contributed by atoms with van der Waals surface area (Å²) in [7, 11) is 2.96. The number of carbonyl (C=O) groups excluding carboxylic acids is 2. The molecule has 1 heterocycles. The van der Waals surface area contributed by atoms with E-state index in [4.69, 9.17) is 14.2 Å². The zero-order chi connectivity index (χ0) is 21.7. The van der Waals surface area contributed by atoms with Gasteiger partial charge in [-0.2, -0.15) is 0 Å². The molecule has 2 aromatic rings. The number of rotatable bonds is 7. The second kappa shape index (κ2) is 9.20. The standard InChI is InChI=1S/C24H29NO5/c1-17(26)24(2)16-25(23(27)29-4)15-20(24)19-10-11-21(28-3)22(14-19)30-13-12-18-8-6-5-7-9-18/h5-11,14,20H,12-13,15-16H2,1-4H3. The van der Waals surface area contributed by atoms with Crippen molar-refractivity contribution < 1.29 is 23.8 Å². The van der Waals surface area contributed by atoms with Crippen molar-refractivity contribution in [3.05, 3.63) is 59.7 Å². The van der Waals surface area contributed by atoms with E-state index in [2.05, 4.69) is 12.1 Å². The van der Waals surface area contributed by atoms with Crippen LogP contribution in [0.5, 0.6) is 11.5 Å². The first kappa shape index (κ1) is 21.7. The smallest absolute Gasteiger partial charge is 0.409 e. The molecule has 6 nitrogen and oxygen atoms in total. The highest BCUT2D eigenvalue weighted by Crippen LogP contribution is 2.45. The minimum absolute atomic E-state index is 0.0428.